The number of halogens is 2. The number of fused-ring (bicyclic) bond motifs is 1. The van der Waals surface area contributed by atoms with Crippen molar-refractivity contribution in [1.29, 1.82) is 0 Å². The summed E-state index contributed by atoms with van der Waals surface area (Å²) in [5, 5.41) is 5.35. The highest BCUT2D eigenvalue weighted by Crippen LogP contribution is 2.34. The predicted molar refractivity (Wildman–Crippen MR) is 145 cm³/mol. The van der Waals surface area contributed by atoms with E-state index in [9.17, 15) is 14.0 Å². The van der Waals surface area contributed by atoms with Gasteiger partial charge in [-0.2, -0.15) is 0 Å². The lowest BCUT2D eigenvalue weighted by Crippen LogP contribution is -2.50. The first-order valence-electron chi connectivity index (χ1n) is 12.6. The summed E-state index contributed by atoms with van der Waals surface area (Å²) in [5.41, 5.74) is 1.55. The SMILES string of the molecule is O=C(Nc1cccc(Cl)c1)N(CC(=O)N1CCc2sccc2[C@@H]1COc1ccccc1F)C[C@H]1CCCO1. The van der Waals surface area contributed by atoms with Crippen molar-refractivity contribution in [2.45, 2.75) is 31.4 Å². The van der Waals surface area contributed by atoms with Crippen LogP contribution in [0.25, 0.3) is 0 Å². The molecule has 2 atom stereocenters. The molecule has 5 rings (SSSR count). The Labute approximate surface area is 230 Å². The van der Waals surface area contributed by atoms with Crippen molar-refractivity contribution >= 4 is 40.6 Å². The maximum absolute atomic E-state index is 14.2. The van der Waals surface area contributed by atoms with Crippen molar-refractivity contribution in [2.24, 2.45) is 0 Å². The van der Waals surface area contributed by atoms with E-state index in [1.807, 2.05) is 11.4 Å². The number of hydrogen-bond donors (Lipinski definition) is 1. The van der Waals surface area contributed by atoms with E-state index in [1.54, 1.807) is 58.7 Å². The number of nitrogens with one attached hydrogen (secondary N) is 1. The number of thiophene rings is 1. The maximum Gasteiger partial charge on any atom is 0.322 e. The molecule has 3 aromatic rings. The summed E-state index contributed by atoms with van der Waals surface area (Å²) >= 11 is 7.72. The molecule has 1 aromatic heterocycles. The fraction of sp³-hybridized carbons (Fsp3) is 0.357. The average Bonchev–Trinajstić information content (AvgIpc) is 3.60. The summed E-state index contributed by atoms with van der Waals surface area (Å²) in [4.78, 5) is 31.5. The summed E-state index contributed by atoms with van der Waals surface area (Å²) in [6.45, 7) is 1.41. The van der Waals surface area contributed by atoms with Crippen LogP contribution >= 0.6 is 22.9 Å². The molecule has 2 aromatic carbocycles. The first-order valence-corrected chi connectivity index (χ1v) is 13.9. The van der Waals surface area contributed by atoms with Crippen LogP contribution in [0.5, 0.6) is 5.75 Å². The van der Waals surface area contributed by atoms with Gasteiger partial charge in [0.05, 0.1) is 12.1 Å². The Balaban J connectivity index is 1.33. The zero-order valence-corrected chi connectivity index (χ0v) is 22.3. The Morgan fingerprint density at radius 3 is 2.87 bits per heavy atom. The van der Waals surface area contributed by atoms with E-state index in [-0.39, 0.29) is 30.9 Å². The number of anilines is 1. The normalized spacial score (nSPS) is 18.6. The Hall–Kier alpha value is -3.14. The number of ether oxygens (including phenoxy) is 2. The number of para-hydroxylation sites is 1. The molecule has 3 amide bonds. The number of hydrogen-bond acceptors (Lipinski definition) is 5. The van der Waals surface area contributed by atoms with E-state index in [4.69, 9.17) is 21.1 Å². The number of nitrogens with zero attached hydrogens (tertiary/aromatic N) is 2. The molecular formula is C28H29ClFN3O4S. The topological polar surface area (TPSA) is 71.1 Å². The van der Waals surface area contributed by atoms with Crippen LogP contribution < -0.4 is 10.1 Å². The largest absolute Gasteiger partial charge is 0.488 e. The number of carbonyl (C=O) groups is 2. The maximum atomic E-state index is 14.2. The molecule has 7 nitrogen and oxygen atoms in total. The first-order chi connectivity index (χ1) is 18.5. The van der Waals surface area contributed by atoms with Crippen LogP contribution in [0.2, 0.25) is 5.02 Å². The lowest BCUT2D eigenvalue weighted by atomic mass is 10.0. The van der Waals surface area contributed by atoms with Gasteiger partial charge in [0.25, 0.3) is 0 Å². The van der Waals surface area contributed by atoms with Crippen molar-refractivity contribution in [1.82, 2.24) is 9.80 Å². The fourth-order valence-electron chi connectivity index (χ4n) is 4.88. The minimum Gasteiger partial charge on any atom is -0.488 e. The van der Waals surface area contributed by atoms with Gasteiger partial charge in [0.15, 0.2) is 11.6 Å². The molecule has 0 bridgehead atoms. The summed E-state index contributed by atoms with van der Waals surface area (Å²) in [7, 11) is 0. The molecule has 1 fully saturated rings. The lowest BCUT2D eigenvalue weighted by molar-refractivity contribution is -0.135. The molecule has 0 saturated carbocycles. The standard InChI is InChI=1S/C28H29ClFN3O4S/c29-19-5-3-6-20(15-19)31-28(35)32(16-21-7-4-13-36-21)17-27(34)33-12-10-26-22(11-14-38-26)24(33)18-37-25-9-2-1-8-23(25)30/h1-3,5-6,8-9,11,14-15,21,24H,4,7,10,12-13,16-18H2,(H,31,35)/t21-,24+/m1/s1. The van der Waals surface area contributed by atoms with Gasteiger partial charge in [-0.15, -0.1) is 11.3 Å². The Kier molecular flexibility index (Phi) is 8.46. The fourth-order valence-corrected chi connectivity index (χ4v) is 6.00. The molecule has 0 spiro atoms. The van der Waals surface area contributed by atoms with Gasteiger partial charge >= 0.3 is 6.03 Å². The third-order valence-electron chi connectivity index (χ3n) is 6.79. The molecule has 38 heavy (non-hydrogen) atoms. The van der Waals surface area contributed by atoms with Crippen LogP contribution in [0.15, 0.2) is 60.0 Å². The van der Waals surface area contributed by atoms with Gasteiger partial charge in [-0.3, -0.25) is 4.79 Å². The first kappa shape index (κ1) is 26.5. The zero-order chi connectivity index (χ0) is 26.5. The second kappa shape index (κ2) is 12.1. The molecule has 10 heteroatoms. The van der Waals surface area contributed by atoms with E-state index in [0.717, 1.165) is 24.8 Å². The van der Waals surface area contributed by atoms with Crippen LogP contribution in [-0.4, -0.2) is 60.7 Å². The number of urea groups is 1. The number of amides is 3. The summed E-state index contributed by atoms with van der Waals surface area (Å²) in [5.74, 6) is -0.515. The van der Waals surface area contributed by atoms with Gasteiger partial charge in [0.2, 0.25) is 5.91 Å². The quantitative estimate of drug-likeness (QED) is 0.382. The molecule has 3 heterocycles. The highest BCUT2D eigenvalue weighted by atomic mass is 35.5. The highest BCUT2D eigenvalue weighted by molar-refractivity contribution is 7.10. The lowest BCUT2D eigenvalue weighted by Gasteiger charge is -2.37. The van der Waals surface area contributed by atoms with Crippen LogP contribution in [-0.2, 0) is 16.0 Å². The predicted octanol–water partition coefficient (Wildman–Crippen LogP) is 5.76. The van der Waals surface area contributed by atoms with Crippen molar-refractivity contribution < 1.29 is 23.5 Å². The van der Waals surface area contributed by atoms with Crippen LogP contribution in [0, 0.1) is 5.82 Å². The Morgan fingerprint density at radius 2 is 2.08 bits per heavy atom. The molecule has 2 aliphatic rings. The Morgan fingerprint density at radius 1 is 1.21 bits per heavy atom. The van der Waals surface area contributed by atoms with Crippen LogP contribution in [0.3, 0.4) is 0 Å². The molecule has 0 unspecified atom stereocenters. The molecule has 1 saturated heterocycles. The van der Waals surface area contributed by atoms with Gasteiger partial charge in [-0.1, -0.05) is 29.8 Å². The highest BCUT2D eigenvalue weighted by Gasteiger charge is 2.34. The van der Waals surface area contributed by atoms with E-state index in [2.05, 4.69) is 5.32 Å². The van der Waals surface area contributed by atoms with Gasteiger partial charge in [-0.05, 0) is 66.6 Å². The van der Waals surface area contributed by atoms with Gasteiger partial charge in [0, 0.05) is 35.3 Å². The summed E-state index contributed by atoms with van der Waals surface area (Å²) in [6, 6.07) is 14.3. The second-order valence-corrected chi connectivity index (χ2v) is 10.8. The summed E-state index contributed by atoms with van der Waals surface area (Å²) in [6.07, 6.45) is 2.34. The van der Waals surface area contributed by atoms with Crippen molar-refractivity contribution in [3.8, 4) is 5.75 Å². The molecule has 2 aliphatic heterocycles. The van der Waals surface area contributed by atoms with Gasteiger partial charge < -0.3 is 24.6 Å². The minimum atomic E-state index is -0.452. The summed E-state index contributed by atoms with van der Waals surface area (Å²) < 4.78 is 25.8. The third kappa shape index (κ3) is 6.28. The molecule has 1 N–H and O–H groups in total. The Bertz CT molecular complexity index is 1280. The van der Waals surface area contributed by atoms with E-state index in [1.165, 1.54) is 15.8 Å². The molecule has 0 radical (unpaired) electrons. The number of rotatable bonds is 8. The van der Waals surface area contributed by atoms with Crippen molar-refractivity contribution in [2.75, 3.05) is 38.2 Å². The molecule has 200 valence electrons. The van der Waals surface area contributed by atoms with Crippen molar-refractivity contribution in [3.05, 3.63) is 81.3 Å². The van der Waals surface area contributed by atoms with Crippen LogP contribution in [0.1, 0.15) is 29.3 Å². The molecule has 0 aliphatic carbocycles. The van der Waals surface area contributed by atoms with Gasteiger partial charge in [-0.25, -0.2) is 9.18 Å². The minimum absolute atomic E-state index is 0.108. The number of carbonyl (C=O) groups excluding carboxylic acids is 2. The second-order valence-electron chi connectivity index (χ2n) is 9.35. The van der Waals surface area contributed by atoms with Crippen LogP contribution in [0.4, 0.5) is 14.9 Å². The monoisotopic (exact) mass is 557 g/mol. The van der Waals surface area contributed by atoms with E-state index >= 15 is 0 Å². The van der Waals surface area contributed by atoms with E-state index in [0.29, 0.717) is 30.4 Å². The smallest absolute Gasteiger partial charge is 0.322 e. The number of benzene rings is 2. The van der Waals surface area contributed by atoms with Crippen molar-refractivity contribution in [3.63, 3.8) is 0 Å². The average molecular weight is 558 g/mol. The zero-order valence-electron chi connectivity index (χ0n) is 20.8. The molecular weight excluding hydrogens is 529 g/mol. The van der Waals surface area contributed by atoms with E-state index < -0.39 is 17.9 Å². The van der Waals surface area contributed by atoms with Gasteiger partial charge in [0.1, 0.15) is 13.2 Å². The third-order valence-corrected chi connectivity index (χ3v) is 8.02.